The molecule has 0 bridgehead atoms. The molecule has 2 nitrogen and oxygen atoms in total. The second-order valence-electron chi connectivity index (χ2n) is 2.59. The maximum Gasteiger partial charge on any atom is 0.158 e. The Labute approximate surface area is 78.2 Å². The first-order valence-electron chi connectivity index (χ1n) is 4.18. The van der Waals surface area contributed by atoms with Gasteiger partial charge in [0.25, 0.3) is 0 Å². The molecule has 0 N–H and O–H groups in total. The molecular weight excluding hydrogens is 176 g/mol. The van der Waals surface area contributed by atoms with Gasteiger partial charge in [0.15, 0.2) is 6.29 Å². The Balaban J connectivity index is 2.05. The molecule has 1 fully saturated rings. The van der Waals surface area contributed by atoms with Gasteiger partial charge in [0.05, 0.1) is 5.88 Å². The molecule has 3 heteroatoms. The normalized spacial score (nSPS) is 22.9. The summed E-state index contributed by atoms with van der Waals surface area (Å²) in [7, 11) is 0. The van der Waals surface area contributed by atoms with Gasteiger partial charge in [-0.25, -0.2) is 0 Å². The zero-order chi connectivity index (χ0) is 8.65. The van der Waals surface area contributed by atoms with E-state index in [1.165, 1.54) is 6.42 Å². The van der Waals surface area contributed by atoms with Gasteiger partial charge in [-0.3, -0.25) is 0 Å². The number of alkyl halides is 1. The van der Waals surface area contributed by atoms with Crippen LogP contribution in [0.3, 0.4) is 0 Å². The fourth-order valence-electron chi connectivity index (χ4n) is 1.08. The van der Waals surface area contributed by atoms with Crippen molar-refractivity contribution in [3.05, 3.63) is 0 Å². The number of hydrogen-bond acceptors (Lipinski definition) is 2. The van der Waals surface area contributed by atoms with E-state index in [0.717, 1.165) is 19.4 Å². The summed E-state index contributed by atoms with van der Waals surface area (Å²) in [6.45, 7) is 1.24. The average molecular weight is 189 g/mol. The first-order chi connectivity index (χ1) is 5.93. The minimum atomic E-state index is -0.0385. The summed E-state index contributed by atoms with van der Waals surface area (Å²) in [6.07, 6.45) is 3.28. The standard InChI is InChI=1S/C9H13ClO2/c10-6-2-4-8-12-9-5-1-3-7-11-9/h9H,1,3,5-8H2. The zero-order valence-corrected chi connectivity index (χ0v) is 7.77. The Hall–Kier alpha value is -0.230. The SMILES string of the molecule is ClCC#CCOC1CCCCO1. The van der Waals surface area contributed by atoms with E-state index >= 15 is 0 Å². The number of halogens is 1. The lowest BCUT2D eigenvalue weighted by atomic mass is 10.2. The monoisotopic (exact) mass is 188 g/mol. The fraction of sp³-hybridized carbons (Fsp3) is 0.778. The summed E-state index contributed by atoms with van der Waals surface area (Å²) >= 11 is 5.36. The molecule has 1 saturated heterocycles. The molecule has 0 saturated carbocycles. The molecular formula is C9H13ClO2. The van der Waals surface area contributed by atoms with Gasteiger partial charge in [-0.2, -0.15) is 0 Å². The largest absolute Gasteiger partial charge is 0.353 e. The van der Waals surface area contributed by atoms with E-state index in [4.69, 9.17) is 21.1 Å². The van der Waals surface area contributed by atoms with E-state index in [1.807, 2.05) is 0 Å². The van der Waals surface area contributed by atoms with Crippen LogP contribution < -0.4 is 0 Å². The Bertz CT molecular complexity index is 165. The molecule has 1 atom stereocenters. The highest BCUT2D eigenvalue weighted by molar-refractivity contribution is 6.19. The van der Waals surface area contributed by atoms with Crippen molar-refractivity contribution >= 4 is 11.6 Å². The van der Waals surface area contributed by atoms with Crippen LogP contribution in [0.2, 0.25) is 0 Å². The lowest BCUT2D eigenvalue weighted by molar-refractivity contribution is -0.154. The van der Waals surface area contributed by atoms with Gasteiger partial charge in [0.1, 0.15) is 6.61 Å². The summed E-state index contributed by atoms with van der Waals surface area (Å²) in [5.74, 6) is 5.89. The second kappa shape index (κ2) is 6.30. The smallest absolute Gasteiger partial charge is 0.158 e. The molecule has 0 spiro atoms. The molecule has 0 aromatic heterocycles. The average Bonchev–Trinajstić information content (AvgIpc) is 2.14. The summed E-state index contributed by atoms with van der Waals surface area (Å²) in [5, 5.41) is 0. The molecule has 1 aliphatic rings. The Morgan fingerprint density at radius 1 is 1.42 bits per heavy atom. The van der Waals surface area contributed by atoms with E-state index in [2.05, 4.69) is 11.8 Å². The Morgan fingerprint density at radius 3 is 3.00 bits per heavy atom. The third-order valence-corrected chi connectivity index (χ3v) is 1.80. The Morgan fingerprint density at radius 2 is 2.33 bits per heavy atom. The first kappa shape index (κ1) is 9.85. The molecule has 68 valence electrons. The number of rotatable bonds is 2. The lowest BCUT2D eigenvalue weighted by Gasteiger charge is -2.21. The van der Waals surface area contributed by atoms with Crippen molar-refractivity contribution in [3.8, 4) is 11.8 Å². The zero-order valence-electron chi connectivity index (χ0n) is 7.01. The highest BCUT2D eigenvalue weighted by Crippen LogP contribution is 2.12. The van der Waals surface area contributed by atoms with Crippen molar-refractivity contribution in [1.29, 1.82) is 0 Å². The predicted molar refractivity (Wildman–Crippen MR) is 48.0 cm³/mol. The summed E-state index contributed by atoms with van der Waals surface area (Å²) in [6, 6.07) is 0. The summed E-state index contributed by atoms with van der Waals surface area (Å²) in [5.41, 5.74) is 0. The van der Waals surface area contributed by atoms with Crippen molar-refractivity contribution in [2.24, 2.45) is 0 Å². The van der Waals surface area contributed by atoms with Gasteiger partial charge in [0.2, 0.25) is 0 Å². The van der Waals surface area contributed by atoms with Crippen molar-refractivity contribution < 1.29 is 9.47 Å². The predicted octanol–water partition coefficient (Wildman–Crippen LogP) is 1.77. The lowest BCUT2D eigenvalue weighted by Crippen LogP contribution is -2.22. The third-order valence-electron chi connectivity index (χ3n) is 1.67. The highest BCUT2D eigenvalue weighted by Gasteiger charge is 2.12. The molecule has 0 radical (unpaired) electrons. The molecule has 1 unspecified atom stereocenters. The second-order valence-corrected chi connectivity index (χ2v) is 2.86. The molecule has 0 aromatic carbocycles. The highest BCUT2D eigenvalue weighted by atomic mass is 35.5. The molecule has 0 aromatic rings. The maximum absolute atomic E-state index is 5.36. The topological polar surface area (TPSA) is 18.5 Å². The van der Waals surface area contributed by atoms with E-state index in [1.54, 1.807) is 0 Å². The molecule has 0 amide bonds. The Kier molecular flexibility index (Phi) is 5.18. The molecule has 12 heavy (non-hydrogen) atoms. The van der Waals surface area contributed by atoms with Crippen molar-refractivity contribution in [2.75, 3.05) is 19.1 Å². The molecule has 1 rings (SSSR count). The van der Waals surface area contributed by atoms with Crippen LogP contribution in [-0.4, -0.2) is 25.4 Å². The van der Waals surface area contributed by atoms with Crippen LogP contribution in [0.15, 0.2) is 0 Å². The van der Waals surface area contributed by atoms with Crippen LogP contribution >= 0.6 is 11.6 Å². The van der Waals surface area contributed by atoms with Gasteiger partial charge >= 0.3 is 0 Å². The van der Waals surface area contributed by atoms with E-state index in [9.17, 15) is 0 Å². The third kappa shape index (κ3) is 3.96. The summed E-state index contributed by atoms with van der Waals surface area (Å²) < 4.78 is 10.7. The first-order valence-corrected chi connectivity index (χ1v) is 4.72. The number of ether oxygens (including phenoxy) is 2. The quantitative estimate of drug-likeness (QED) is 0.486. The van der Waals surface area contributed by atoms with Crippen molar-refractivity contribution in [1.82, 2.24) is 0 Å². The minimum Gasteiger partial charge on any atom is -0.353 e. The van der Waals surface area contributed by atoms with Gasteiger partial charge in [-0.15, -0.1) is 11.6 Å². The molecule has 0 aliphatic carbocycles. The van der Waals surface area contributed by atoms with Crippen LogP contribution in [0.1, 0.15) is 19.3 Å². The molecule has 1 aliphatic heterocycles. The molecule has 1 heterocycles. The van der Waals surface area contributed by atoms with Crippen molar-refractivity contribution in [3.63, 3.8) is 0 Å². The van der Waals surface area contributed by atoms with Crippen LogP contribution in [0.4, 0.5) is 0 Å². The van der Waals surface area contributed by atoms with Crippen LogP contribution in [0.5, 0.6) is 0 Å². The van der Waals surface area contributed by atoms with Crippen LogP contribution in [-0.2, 0) is 9.47 Å². The van der Waals surface area contributed by atoms with Gasteiger partial charge in [-0.05, 0) is 19.3 Å². The van der Waals surface area contributed by atoms with Gasteiger partial charge < -0.3 is 9.47 Å². The van der Waals surface area contributed by atoms with Gasteiger partial charge in [0, 0.05) is 6.61 Å². The van der Waals surface area contributed by atoms with Gasteiger partial charge in [-0.1, -0.05) is 11.8 Å². The van der Waals surface area contributed by atoms with Crippen LogP contribution in [0, 0.1) is 11.8 Å². The minimum absolute atomic E-state index is 0.0385. The van der Waals surface area contributed by atoms with Crippen LogP contribution in [0.25, 0.3) is 0 Å². The fourth-order valence-corrected chi connectivity index (χ4v) is 1.17. The van der Waals surface area contributed by atoms with E-state index in [-0.39, 0.29) is 6.29 Å². The van der Waals surface area contributed by atoms with E-state index in [0.29, 0.717) is 12.5 Å². The van der Waals surface area contributed by atoms with Crippen molar-refractivity contribution in [2.45, 2.75) is 25.6 Å². The van der Waals surface area contributed by atoms with E-state index < -0.39 is 0 Å². The number of hydrogen-bond donors (Lipinski definition) is 0. The summed E-state index contributed by atoms with van der Waals surface area (Å²) in [4.78, 5) is 0. The maximum atomic E-state index is 5.36.